The molecule has 0 spiro atoms. The molecule has 1 heterocycles. The predicted molar refractivity (Wildman–Crippen MR) is 121 cm³/mol. The Morgan fingerprint density at radius 1 is 1.28 bits per heavy atom. The van der Waals surface area contributed by atoms with E-state index in [2.05, 4.69) is 18.3 Å². The lowest BCUT2D eigenvalue weighted by atomic mass is 9.97. The number of thioether (sulfide) groups is 1. The Balaban J connectivity index is 1.73. The molecular formula is C23H31N3O2S. The summed E-state index contributed by atoms with van der Waals surface area (Å²) in [4.78, 5) is 30.4. The van der Waals surface area contributed by atoms with Gasteiger partial charge in [-0.25, -0.2) is 4.98 Å². The van der Waals surface area contributed by atoms with E-state index >= 15 is 0 Å². The molecule has 1 aromatic heterocycles. The maximum atomic E-state index is 13.1. The molecule has 0 fully saturated rings. The van der Waals surface area contributed by atoms with Gasteiger partial charge in [-0.3, -0.25) is 14.2 Å². The van der Waals surface area contributed by atoms with E-state index in [9.17, 15) is 9.59 Å². The Morgan fingerprint density at radius 3 is 2.79 bits per heavy atom. The first kappa shape index (κ1) is 21.6. The van der Waals surface area contributed by atoms with Gasteiger partial charge in [0.15, 0.2) is 5.16 Å². The quantitative estimate of drug-likeness (QED) is 0.381. The molecule has 0 saturated carbocycles. The van der Waals surface area contributed by atoms with E-state index in [1.54, 1.807) is 4.57 Å². The summed E-state index contributed by atoms with van der Waals surface area (Å²) >= 11 is 1.36. The predicted octanol–water partition coefficient (Wildman–Crippen LogP) is 4.85. The van der Waals surface area contributed by atoms with Gasteiger partial charge >= 0.3 is 0 Å². The summed E-state index contributed by atoms with van der Waals surface area (Å²) in [5, 5.41) is 3.96. The lowest BCUT2D eigenvalue weighted by molar-refractivity contribution is -0.120. The van der Waals surface area contributed by atoms with E-state index in [-0.39, 0.29) is 22.8 Å². The largest absolute Gasteiger partial charge is 0.355 e. The van der Waals surface area contributed by atoms with Crippen molar-refractivity contribution < 1.29 is 4.79 Å². The number of rotatable bonds is 8. The molecule has 6 heteroatoms. The average Bonchev–Trinajstić information content (AvgIpc) is 2.74. The molecule has 0 radical (unpaired) electrons. The SMILES string of the molecule is CC[C@H](C)n1c(S[C@H](C)C(=O)NCCC2=CCCCC2)nc2ccccc2c1=O. The number of nitrogens with one attached hydrogen (secondary N) is 1. The number of para-hydroxylation sites is 1. The zero-order valence-electron chi connectivity index (χ0n) is 17.6. The maximum Gasteiger partial charge on any atom is 0.262 e. The fourth-order valence-electron chi connectivity index (χ4n) is 3.61. The van der Waals surface area contributed by atoms with E-state index in [1.807, 2.05) is 38.1 Å². The zero-order valence-corrected chi connectivity index (χ0v) is 18.4. The number of carbonyl (C=O) groups is 1. The van der Waals surface area contributed by atoms with E-state index in [0.29, 0.717) is 22.6 Å². The fourth-order valence-corrected chi connectivity index (χ4v) is 4.65. The number of carbonyl (C=O) groups excluding carboxylic acids is 1. The third kappa shape index (κ3) is 5.30. The van der Waals surface area contributed by atoms with Crippen molar-refractivity contribution in [2.24, 2.45) is 0 Å². The van der Waals surface area contributed by atoms with Crippen molar-refractivity contribution in [3.05, 3.63) is 46.3 Å². The summed E-state index contributed by atoms with van der Waals surface area (Å²) in [6.07, 6.45) is 8.92. The standard InChI is InChI=1S/C23H31N3O2S/c1-4-16(2)26-22(28)19-12-8-9-13-20(19)25-23(26)29-17(3)21(27)24-15-14-18-10-6-5-7-11-18/h8-10,12-13,16-17H,4-7,11,14-15H2,1-3H3,(H,24,27)/t16-,17+/m0/s1. The van der Waals surface area contributed by atoms with Crippen LogP contribution in [-0.4, -0.2) is 27.3 Å². The molecule has 29 heavy (non-hydrogen) atoms. The van der Waals surface area contributed by atoms with Crippen molar-refractivity contribution >= 4 is 28.6 Å². The van der Waals surface area contributed by atoms with Crippen molar-refractivity contribution in [2.75, 3.05) is 6.54 Å². The number of allylic oxidation sites excluding steroid dienone is 1. The van der Waals surface area contributed by atoms with Gasteiger partial charge in [-0.2, -0.15) is 0 Å². The van der Waals surface area contributed by atoms with Crippen LogP contribution in [0.2, 0.25) is 0 Å². The van der Waals surface area contributed by atoms with Gasteiger partial charge in [-0.15, -0.1) is 0 Å². The number of amides is 1. The average molecular weight is 414 g/mol. The number of benzene rings is 1. The second-order valence-electron chi connectivity index (χ2n) is 7.75. The van der Waals surface area contributed by atoms with Gasteiger partial charge in [0.05, 0.1) is 16.2 Å². The Bertz CT molecular complexity index is 951. The van der Waals surface area contributed by atoms with Crippen molar-refractivity contribution in [3.8, 4) is 0 Å². The highest BCUT2D eigenvalue weighted by atomic mass is 32.2. The summed E-state index contributed by atoms with van der Waals surface area (Å²) in [6.45, 7) is 6.61. The minimum atomic E-state index is -0.321. The highest BCUT2D eigenvalue weighted by Gasteiger charge is 2.21. The van der Waals surface area contributed by atoms with Gasteiger partial charge in [0.1, 0.15) is 0 Å². The first-order valence-corrected chi connectivity index (χ1v) is 11.5. The molecule has 2 atom stereocenters. The van der Waals surface area contributed by atoms with E-state index in [1.165, 1.54) is 30.2 Å². The van der Waals surface area contributed by atoms with Crippen LogP contribution in [0.15, 0.2) is 45.9 Å². The number of fused-ring (bicyclic) bond motifs is 1. The lowest BCUT2D eigenvalue weighted by Crippen LogP contribution is -2.33. The number of nitrogens with zero attached hydrogens (tertiary/aromatic N) is 2. The van der Waals surface area contributed by atoms with Crippen LogP contribution in [0.1, 0.15) is 65.3 Å². The number of hydrogen-bond donors (Lipinski definition) is 1. The molecule has 0 bridgehead atoms. The molecule has 1 amide bonds. The van der Waals surface area contributed by atoms with Gasteiger partial charge in [0.25, 0.3) is 5.56 Å². The molecule has 156 valence electrons. The van der Waals surface area contributed by atoms with Crippen LogP contribution in [-0.2, 0) is 4.79 Å². The Labute approximate surface area is 177 Å². The van der Waals surface area contributed by atoms with Crippen LogP contribution in [0, 0.1) is 0 Å². The van der Waals surface area contributed by atoms with Crippen molar-refractivity contribution in [3.63, 3.8) is 0 Å². The molecule has 0 aliphatic heterocycles. The maximum absolute atomic E-state index is 13.1. The summed E-state index contributed by atoms with van der Waals surface area (Å²) in [7, 11) is 0. The van der Waals surface area contributed by atoms with Gasteiger partial charge in [0.2, 0.25) is 5.91 Å². The van der Waals surface area contributed by atoms with E-state index < -0.39 is 0 Å². The molecule has 1 aliphatic carbocycles. The van der Waals surface area contributed by atoms with Crippen LogP contribution < -0.4 is 10.9 Å². The second-order valence-corrected chi connectivity index (χ2v) is 9.06. The van der Waals surface area contributed by atoms with Gasteiger partial charge < -0.3 is 5.32 Å². The first-order valence-electron chi connectivity index (χ1n) is 10.6. The third-order valence-corrected chi connectivity index (χ3v) is 6.66. The van der Waals surface area contributed by atoms with E-state index in [0.717, 1.165) is 25.7 Å². The van der Waals surface area contributed by atoms with Crippen LogP contribution >= 0.6 is 11.8 Å². The van der Waals surface area contributed by atoms with Crippen LogP contribution in [0.25, 0.3) is 10.9 Å². The second kappa shape index (κ2) is 10.1. The highest BCUT2D eigenvalue weighted by Crippen LogP contribution is 2.26. The van der Waals surface area contributed by atoms with Gasteiger partial charge in [-0.05, 0) is 64.5 Å². The fraction of sp³-hybridized carbons (Fsp3) is 0.522. The molecule has 1 N–H and O–H groups in total. The van der Waals surface area contributed by atoms with Crippen LogP contribution in [0.5, 0.6) is 0 Å². The summed E-state index contributed by atoms with van der Waals surface area (Å²) in [5.74, 6) is -0.00971. The molecule has 3 rings (SSSR count). The zero-order chi connectivity index (χ0) is 20.8. The Hall–Kier alpha value is -2.08. The van der Waals surface area contributed by atoms with Crippen LogP contribution in [0.3, 0.4) is 0 Å². The summed E-state index contributed by atoms with van der Waals surface area (Å²) in [6, 6.07) is 7.43. The van der Waals surface area contributed by atoms with Crippen molar-refractivity contribution in [2.45, 2.75) is 75.7 Å². The molecule has 0 saturated heterocycles. The minimum absolute atomic E-state index is 0.00971. The minimum Gasteiger partial charge on any atom is -0.355 e. The monoisotopic (exact) mass is 413 g/mol. The van der Waals surface area contributed by atoms with Gasteiger partial charge in [-0.1, -0.05) is 42.5 Å². The molecule has 5 nitrogen and oxygen atoms in total. The Morgan fingerprint density at radius 2 is 2.07 bits per heavy atom. The van der Waals surface area contributed by atoms with E-state index in [4.69, 9.17) is 4.98 Å². The molecule has 1 aromatic carbocycles. The lowest BCUT2D eigenvalue weighted by Gasteiger charge is -2.20. The molecular weight excluding hydrogens is 382 g/mol. The topological polar surface area (TPSA) is 64.0 Å². The van der Waals surface area contributed by atoms with Crippen LogP contribution in [0.4, 0.5) is 0 Å². The smallest absolute Gasteiger partial charge is 0.262 e. The summed E-state index contributed by atoms with van der Waals surface area (Å²) < 4.78 is 1.74. The number of hydrogen-bond acceptors (Lipinski definition) is 4. The number of aromatic nitrogens is 2. The Kier molecular flexibility index (Phi) is 7.53. The molecule has 1 aliphatic rings. The summed E-state index contributed by atoms with van der Waals surface area (Å²) in [5.41, 5.74) is 2.10. The van der Waals surface area contributed by atoms with Crippen molar-refractivity contribution in [1.29, 1.82) is 0 Å². The first-order chi connectivity index (χ1) is 14.0. The highest BCUT2D eigenvalue weighted by molar-refractivity contribution is 8.00. The van der Waals surface area contributed by atoms with Crippen molar-refractivity contribution in [1.82, 2.24) is 14.9 Å². The van der Waals surface area contributed by atoms with Gasteiger partial charge in [0, 0.05) is 12.6 Å². The molecule has 2 aromatic rings. The third-order valence-electron chi connectivity index (χ3n) is 5.59. The molecule has 0 unspecified atom stereocenters. The normalized spacial score (nSPS) is 16.3.